The van der Waals surface area contributed by atoms with Crippen LogP contribution in [-0.4, -0.2) is 51.8 Å². The second-order valence-corrected chi connectivity index (χ2v) is 9.70. The molecule has 0 saturated carbocycles. The number of nitrogens with zero attached hydrogens (tertiary/aromatic N) is 3. The summed E-state index contributed by atoms with van der Waals surface area (Å²) in [5.74, 6) is 0.515. The largest absolute Gasteiger partial charge is 0.353 e. The number of carbonyl (C=O) groups excluding carboxylic acids is 1. The first-order valence-electron chi connectivity index (χ1n) is 10.4. The SMILES string of the molecule is CCN(CC)CCCC(C)NC(=O)C1CSc2nc(C(C)(C)C)cc(=O)n2C1. The molecule has 1 aliphatic rings. The molecule has 158 valence electrons. The summed E-state index contributed by atoms with van der Waals surface area (Å²) in [4.78, 5) is 32.3. The van der Waals surface area contributed by atoms with Crippen LogP contribution in [0.4, 0.5) is 0 Å². The molecule has 1 N–H and O–H groups in total. The van der Waals surface area contributed by atoms with E-state index in [2.05, 4.69) is 56.7 Å². The molecule has 0 fully saturated rings. The normalized spacial score (nSPS) is 18.0. The molecule has 0 radical (unpaired) electrons. The molecule has 2 heterocycles. The first-order valence-corrected chi connectivity index (χ1v) is 11.4. The summed E-state index contributed by atoms with van der Waals surface area (Å²) in [6, 6.07) is 1.76. The third kappa shape index (κ3) is 6.08. The summed E-state index contributed by atoms with van der Waals surface area (Å²) in [6.07, 6.45) is 2.04. The van der Waals surface area contributed by atoms with Gasteiger partial charge in [-0.15, -0.1) is 0 Å². The van der Waals surface area contributed by atoms with Crippen molar-refractivity contribution in [1.82, 2.24) is 19.8 Å². The Bertz CT molecular complexity index is 722. The smallest absolute Gasteiger partial charge is 0.254 e. The van der Waals surface area contributed by atoms with Gasteiger partial charge in [-0.25, -0.2) is 4.98 Å². The average molecular weight is 409 g/mol. The fourth-order valence-corrected chi connectivity index (χ4v) is 4.44. The van der Waals surface area contributed by atoms with E-state index in [9.17, 15) is 9.59 Å². The van der Waals surface area contributed by atoms with Gasteiger partial charge in [0.25, 0.3) is 5.56 Å². The van der Waals surface area contributed by atoms with Crippen LogP contribution in [0.15, 0.2) is 16.0 Å². The lowest BCUT2D eigenvalue weighted by atomic mass is 9.92. The highest BCUT2D eigenvalue weighted by molar-refractivity contribution is 7.99. The van der Waals surface area contributed by atoms with Gasteiger partial charge in [0.1, 0.15) is 0 Å². The van der Waals surface area contributed by atoms with Crippen molar-refractivity contribution < 1.29 is 4.79 Å². The van der Waals surface area contributed by atoms with Crippen LogP contribution in [0.5, 0.6) is 0 Å². The standard InChI is InChI=1S/C21H36N4O2S/c1-7-24(8-2)11-9-10-15(3)22-19(27)16-13-25-18(26)12-17(21(4,5)6)23-20(25)28-14-16/h12,15-16H,7-11,13-14H2,1-6H3,(H,22,27). The molecular weight excluding hydrogens is 372 g/mol. The van der Waals surface area contributed by atoms with Crippen molar-refractivity contribution in [1.29, 1.82) is 0 Å². The summed E-state index contributed by atoms with van der Waals surface area (Å²) in [7, 11) is 0. The maximum absolute atomic E-state index is 12.7. The lowest BCUT2D eigenvalue weighted by Gasteiger charge is -2.27. The quantitative estimate of drug-likeness (QED) is 0.670. The van der Waals surface area contributed by atoms with Gasteiger partial charge in [-0.05, 0) is 39.4 Å². The Morgan fingerprint density at radius 2 is 2.07 bits per heavy atom. The third-order valence-electron chi connectivity index (χ3n) is 5.32. The monoisotopic (exact) mass is 408 g/mol. The number of aromatic nitrogens is 2. The average Bonchev–Trinajstić information content (AvgIpc) is 2.64. The highest BCUT2D eigenvalue weighted by Gasteiger charge is 2.29. The van der Waals surface area contributed by atoms with Gasteiger partial charge >= 0.3 is 0 Å². The topological polar surface area (TPSA) is 67.2 Å². The van der Waals surface area contributed by atoms with Gasteiger partial charge in [0, 0.05) is 29.8 Å². The lowest BCUT2D eigenvalue weighted by Crippen LogP contribution is -2.43. The van der Waals surface area contributed by atoms with Crippen LogP contribution in [0.3, 0.4) is 0 Å². The van der Waals surface area contributed by atoms with Crippen molar-refractivity contribution in [3.05, 3.63) is 22.1 Å². The van der Waals surface area contributed by atoms with Crippen molar-refractivity contribution in [3.8, 4) is 0 Å². The Labute approximate surface area is 173 Å². The number of nitrogens with one attached hydrogen (secondary N) is 1. The fraction of sp³-hybridized carbons (Fsp3) is 0.762. The second-order valence-electron chi connectivity index (χ2n) is 8.71. The summed E-state index contributed by atoms with van der Waals surface area (Å²) in [6.45, 7) is 16.2. The lowest BCUT2D eigenvalue weighted by molar-refractivity contribution is -0.125. The summed E-state index contributed by atoms with van der Waals surface area (Å²) in [5.41, 5.74) is 0.581. The molecule has 0 bridgehead atoms. The summed E-state index contributed by atoms with van der Waals surface area (Å²) >= 11 is 1.51. The van der Waals surface area contributed by atoms with Crippen LogP contribution in [0.1, 0.15) is 60.1 Å². The van der Waals surface area contributed by atoms with E-state index < -0.39 is 0 Å². The fourth-order valence-electron chi connectivity index (χ4n) is 3.35. The highest BCUT2D eigenvalue weighted by Crippen LogP contribution is 2.28. The van der Waals surface area contributed by atoms with Gasteiger partial charge in [0.15, 0.2) is 5.16 Å². The molecule has 0 aliphatic carbocycles. The molecule has 1 amide bonds. The number of fused-ring (bicyclic) bond motifs is 1. The Morgan fingerprint density at radius 1 is 1.39 bits per heavy atom. The second kappa shape index (κ2) is 9.92. The first-order chi connectivity index (χ1) is 13.2. The number of carbonyl (C=O) groups is 1. The van der Waals surface area contributed by atoms with Crippen LogP contribution in [0.25, 0.3) is 0 Å². The predicted molar refractivity (Wildman–Crippen MR) is 116 cm³/mol. The Morgan fingerprint density at radius 3 is 2.68 bits per heavy atom. The van der Waals surface area contributed by atoms with Crippen molar-refractivity contribution in [2.24, 2.45) is 5.92 Å². The Kier molecular flexibility index (Phi) is 8.13. The van der Waals surface area contributed by atoms with Crippen molar-refractivity contribution in [3.63, 3.8) is 0 Å². The van der Waals surface area contributed by atoms with Gasteiger partial charge < -0.3 is 10.2 Å². The van der Waals surface area contributed by atoms with E-state index in [1.54, 1.807) is 10.6 Å². The number of thioether (sulfide) groups is 1. The van der Waals surface area contributed by atoms with Crippen molar-refractivity contribution in [2.45, 2.75) is 77.5 Å². The van der Waals surface area contributed by atoms with E-state index in [4.69, 9.17) is 0 Å². The molecule has 0 aromatic carbocycles. The number of rotatable bonds is 8. The minimum absolute atomic E-state index is 0.0419. The maximum Gasteiger partial charge on any atom is 0.254 e. The molecule has 2 unspecified atom stereocenters. The van der Waals surface area contributed by atoms with Crippen molar-refractivity contribution >= 4 is 17.7 Å². The zero-order valence-electron chi connectivity index (χ0n) is 18.2. The third-order valence-corrected chi connectivity index (χ3v) is 6.46. The van der Waals surface area contributed by atoms with E-state index >= 15 is 0 Å². The van der Waals surface area contributed by atoms with E-state index in [-0.39, 0.29) is 28.8 Å². The van der Waals surface area contributed by atoms with Gasteiger partial charge in [0.05, 0.1) is 11.6 Å². The number of hydrogen-bond donors (Lipinski definition) is 1. The molecule has 1 aromatic heterocycles. The highest BCUT2D eigenvalue weighted by atomic mass is 32.2. The van der Waals surface area contributed by atoms with Gasteiger partial charge in [0.2, 0.25) is 5.91 Å². The molecule has 2 rings (SSSR count). The molecule has 1 aliphatic heterocycles. The molecular formula is C21H36N4O2S. The minimum Gasteiger partial charge on any atom is -0.353 e. The number of amides is 1. The van der Waals surface area contributed by atoms with Crippen LogP contribution in [0.2, 0.25) is 0 Å². The molecule has 6 nitrogen and oxygen atoms in total. The van der Waals surface area contributed by atoms with Crippen LogP contribution in [-0.2, 0) is 16.8 Å². The van der Waals surface area contributed by atoms with E-state index in [1.807, 2.05) is 0 Å². The minimum atomic E-state index is -0.192. The molecule has 0 saturated heterocycles. The van der Waals surface area contributed by atoms with Crippen LogP contribution in [0, 0.1) is 5.92 Å². The first kappa shape index (κ1) is 22.9. The Balaban J connectivity index is 1.93. The van der Waals surface area contributed by atoms with E-state index in [0.717, 1.165) is 43.3 Å². The number of hydrogen-bond acceptors (Lipinski definition) is 5. The maximum atomic E-state index is 12.7. The van der Waals surface area contributed by atoms with Crippen LogP contribution < -0.4 is 10.9 Å². The molecule has 0 spiro atoms. The molecule has 1 aromatic rings. The van der Waals surface area contributed by atoms with Crippen LogP contribution >= 0.6 is 11.8 Å². The Hall–Kier alpha value is -1.34. The zero-order chi connectivity index (χ0) is 20.9. The zero-order valence-corrected chi connectivity index (χ0v) is 19.1. The summed E-state index contributed by atoms with van der Waals surface area (Å²) in [5, 5.41) is 3.87. The molecule has 28 heavy (non-hydrogen) atoms. The molecule has 2 atom stereocenters. The predicted octanol–water partition coefficient (Wildman–Crippen LogP) is 2.89. The summed E-state index contributed by atoms with van der Waals surface area (Å²) < 4.78 is 1.65. The van der Waals surface area contributed by atoms with E-state index in [0.29, 0.717) is 12.3 Å². The van der Waals surface area contributed by atoms with E-state index in [1.165, 1.54) is 11.8 Å². The van der Waals surface area contributed by atoms with Crippen molar-refractivity contribution in [2.75, 3.05) is 25.4 Å². The van der Waals surface area contributed by atoms with Gasteiger partial charge in [-0.3, -0.25) is 14.2 Å². The molecule has 7 heteroatoms. The van der Waals surface area contributed by atoms with Gasteiger partial charge in [-0.1, -0.05) is 46.4 Å². The van der Waals surface area contributed by atoms with Gasteiger partial charge in [-0.2, -0.15) is 0 Å².